The third-order valence-electron chi connectivity index (χ3n) is 3.22. The molecule has 1 heterocycles. The summed E-state index contributed by atoms with van der Waals surface area (Å²) < 4.78 is 0. The maximum atomic E-state index is 12.1. The van der Waals surface area contributed by atoms with Gasteiger partial charge in [-0.25, -0.2) is 0 Å². The zero-order valence-electron chi connectivity index (χ0n) is 10.0. The van der Waals surface area contributed by atoms with Gasteiger partial charge >= 0.3 is 5.97 Å². The van der Waals surface area contributed by atoms with Crippen molar-refractivity contribution in [2.75, 3.05) is 13.1 Å². The van der Waals surface area contributed by atoms with Gasteiger partial charge in [0.2, 0.25) is 0 Å². The van der Waals surface area contributed by atoms with Crippen LogP contribution in [0.15, 0.2) is 18.2 Å². The van der Waals surface area contributed by atoms with Gasteiger partial charge in [-0.15, -0.1) is 0 Å². The van der Waals surface area contributed by atoms with Crippen molar-refractivity contribution in [3.05, 3.63) is 23.8 Å². The lowest BCUT2D eigenvalue weighted by Crippen LogP contribution is -2.50. The Hall–Kier alpha value is -2.28. The number of aromatic hydroxyl groups is 2. The maximum absolute atomic E-state index is 12.1. The van der Waals surface area contributed by atoms with Crippen LogP contribution in [0.4, 0.5) is 0 Å². The van der Waals surface area contributed by atoms with Crippen LogP contribution >= 0.6 is 0 Å². The molecular formula is C12H14N2O5. The Labute approximate surface area is 108 Å². The Kier molecular flexibility index (Phi) is 3.07. The topological polar surface area (TPSA) is 124 Å². The summed E-state index contributed by atoms with van der Waals surface area (Å²) in [5.41, 5.74) is 4.14. The first-order valence-corrected chi connectivity index (χ1v) is 5.67. The quantitative estimate of drug-likeness (QED) is 0.546. The summed E-state index contributed by atoms with van der Waals surface area (Å²) in [4.78, 5) is 24.4. The van der Waals surface area contributed by atoms with Crippen LogP contribution in [-0.4, -0.2) is 50.7 Å². The number of phenols is 2. The van der Waals surface area contributed by atoms with Crippen molar-refractivity contribution in [1.82, 2.24) is 4.90 Å². The Morgan fingerprint density at radius 1 is 1.32 bits per heavy atom. The lowest BCUT2D eigenvalue weighted by Gasteiger charge is -2.20. The summed E-state index contributed by atoms with van der Waals surface area (Å²) >= 11 is 0. The second kappa shape index (κ2) is 4.43. The molecule has 0 spiro atoms. The molecule has 0 aliphatic carbocycles. The van der Waals surface area contributed by atoms with Crippen LogP contribution in [0.25, 0.3) is 0 Å². The lowest BCUT2D eigenvalue weighted by molar-refractivity contribution is -0.142. The number of carbonyl (C=O) groups is 2. The number of nitrogens with two attached hydrogens (primary N) is 1. The van der Waals surface area contributed by atoms with E-state index in [-0.39, 0.29) is 36.6 Å². The van der Waals surface area contributed by atoms with Crippen molar-refractivity contribution in [1.29, 1.82) is 0 Å². The van der Waals surface area contributed by atoms with E-state index in [0.29, 0.717) is 0 Å². The largest absolute Gasteiger partial charge is 0.508 e. The molecule has 1 aromatic carbocycles. The zero-order chi connectivity index (χ0) is 14.2. The van der Waals surface area contributed by atoms with Crippen LogP contribution in [0, 0.1) is 0 Å². The predicted octanol–water partition coefficient (Wildman–Crippen LogP) is -0.274. The molecule has 0 saturated carbocycles. The van der Waals surface area contributed by atoms with Crippen molar-refractivity contribution in [3.8, 4) is 11.5 Å². The van der Waals surface area contributed by atoms with E-state index in [0.717, 1.165) is 6.07 Å². The summed E-state index contributed by atoms with van der Waals surface area (Å²) in [5, 5.41) is 27.9. The highest BCUT2D eigenvalue weighted by Gasteiger charge is 2.43. The number of amides is 1. The van der Waals surface area contributed by atoms with Crippen LogP contribution in [0.3, 0.4) is 0 Å². The van der Waals surface area contributed by atoms with Crippen LogP contribution < -0.4 is 5.73 Å². The van der Waals surface area contributed by atoms with Gasteiger partial charge in [0.1, 0.15) is 17.0 Å². The number of nitrogens with zero attached hydrogens (tertiary/aromatic N) is 1. The van der Waals surface area contributed by atoms with Crippen LogP contribution in [0.1, 0.15) is 16.8 Å². The van der Waals surface area contributed by atoms with Crippen LogP contribution in [-0.2, 0) is 4.79 Å². The monoisotopic (exact) mass is 266 g/mol. The summed E-state index contributed by atoms with van der Waals surface area (Å²) in [6, 6.07) is 3.58. The standard InChI is InChI=1S/C12H14N2O5/c13-12(11(18)19)3-4-14(6-12)10(17)8-5-7(15)1-2-9(8)16/h1-2,5,15-16H,3-4,6,13H2,(H,18,19). The molecule has 1 aliphatic rings. The van der Waals surface area contributed by atoms with E-state index in [1.54, 1.807) is 0 Å². The molecule has 7 heteroatoms. The van der Waals surface area contributed by atoms with Crippen molar-refractivity contribution in [3.63, 3.8) is 0 Å². The van der Waals surface area contributed by atoms with E-state index in [2.05, 4.69) is 0 Å². The fourth-order valence-electron chi connectivity index (χ4n) is 2.05. The third kappa shape index (κ3) is 2.32. The Morgan fingerprint density at radius 2 is 2.00 bits per heavy atom. The third-order valence-corrected chi connectivity index (χ3v) is 3.22. The van der Waals surface area contributed by atoms with Crippen molar-refractivity contribution in [2.45, 2.75) is 12.0 Å². The molecule has 0 radical (unpaired) electrons. The number of hydrogen-bond donors (Lipinski definition) is 4. The molecule has 1 aliphatic heterocycles. The number of phenolic OH excluding ortho intramolecular Hbond substituents is 2. The fourth-order valence-corrected chi connectivity index (χ4v) is 2.05. The minimum absolute atomic E-state index is 0.0744. The first-order valence-electron chi connectivity index (χ1n) is 5.67. The van der Waals surface area contributed by atoms with Gasteiger partial charge in [-0.2, -0.15) is 0 Å². The predicted molar refractivity (Wildman–Crippen MR) is 64.8 cm³/mol. The van der Waals surface area contributed by atoms with E-state index >= 15 is 0 Å². The Bertz CT molecular complexity index is 545. The summed E-state index contributed by atoms with van der Waals surface area (Å²) in [6.07, 6.45) is 0.146. The van der Waals surface area contributed by atoms with E-state index in [9.17, 15) is 19.8 Å². The molecule has 2 rings (SSSR count). The summed E-state index contributed by atoms with van der Waals surface area (Å²) in [7, 11) is 0. The molecule has 1 saturated heterocycles. The molecule has 1 fully saturated rings. The van der Waals surface area contributed by atoms with Crippen molar-refractivity contribution < 1.29 is 24.9 Å². The molecule has 1 aromatic rings. The average molecular weight is 266 g/mol. The maximum Gasteiger partial charge on any atom is 0.325 e. The van der Waals surface area contributed by atoms with Crippen molar-refractivity contribution >= 4 is 11.9 Å². The molecule has 1 amide bonds. The van der Waals surface area contributed by atoms with Gasteiger partial charge in [0, 0.05) is 13.1 Å². The molecule has 0 bridgehead atoms. The van der Waals surface area contributed by atoms with Gasteiger partial charge in [0.25, 0.3) is 5.91 Å². The number of carbonyl (C=O) groups excluding carboxylic acids is 1. The number of carboxylic acids is 1. The second-order valence-corrected chi connectivity index (χ2v) is 4.64. The Balaban J connectivity index is 2.22. The number of hydrogen-bond acceptors (Lipinski definition) is 5. The second-order valence-electron chi connectivity index (χ2n) is 4.64. The minimum atomic E-state index is -1.46. The normalized spacial score (nSPS) is 22.5. The molecule has 5 N–H and O–H groups in total. The number of benzene rings is 1. The summed E-state index contributed by atoms with van der Waals surface area (Å²) in [5.74, 6) is -2.14. The first kappa shape index (κ1) is 13.2. The summed E-state index contributed by atoms with van der Waals surface area (Å²) in [6.45, 7) is 0.0625. The highest BCUT2D eigenvalue weighted by molar-refractivity contribution is 5.98. The Morgan fingerprint density at radius 3 is 2.58 bits per heavy atom. The van der Waals surface area contributed by atoms with E-state index in [1.807, 2.05) is 0 Å². The SMILES string of the molecule is NC1(C(=O)O)CCN(C(=O)c2cc(O)ccc2O)C1. The van der Waals surface area contributed by atoms with Gasteiger partial charge in [-0.05, 0) is 24.6 Å². The zero-order valence-corrected chi connectivity index (χ0v) is 10.0. The molecule has 7 nitrogen and oxygen atoms in total. The van der Waals surface area contributed by atoms with Gasteiger partial charge in [-0.1, -0.05) is 0 Å². The molecule has 1 atom stereocenters. The number of carboxylic acid groups (broad SMARTS) is 1. The smallest absolute Gasteiger partial charge is 0.325 e. The van der Waals surface area contributed by atoms with E-state index < -0.39 is 17.4 Å². The first-order chi connectivity index (χ1) is 8.83. The molecule has 0 aromatic heterocycles. The van der Waals surface area contributed by atoms with E-state index in [4.69, 9.17) is 10.8 Å². The van der Waals surface area contributed by atoms with Crippen LogP contribution in [0.2, 0.25) is 0 Å². The number of rotatable bonds is 2. The minimum Gasteiger partial charge on any atom is -0.508 e. The number of likely N-dealkylation sites (tertiary alicyclic amines) is 1. The van der Waals surface area contributed by atoms with E-state index in [1.165, 1.54) is 17.0 Å². The fraction of sp³-hybridized carbons (Fsp3) is 0.333. The number of aliphatic carboxylic acids is 1. The molecule has 1 unspecified atom stereocenters. The highest BCUT2D eigenvalue weighted by atomic mass is 16.4. The van der Waals surface area contributed by atoms with Crippen molar-refractivity contribution in [2.24, 2.45) is 5.73 Å². The van der Waals surface area contributed by atoms with Gasteiger partial charge < -0.3 is 26.0 Å². The average Bonchev–Trinajstić information content (AvgIpc) is 2.76. The molecule has 102 valence electrons. The van der Waals surface area contributed by atoms with Gasteiger partial charge in [-0.3, -0.25) is 9.59 Å². The molecule has 19 heavy (non-hydrogen) atoms. The molecular weight excluding hydrogens is 252 g/mol. The van der Waals surface area contributed by atoms with Crippen LogP contribution in [0.5, 0.6) is 11.5 Å². The lowest BCUT2D eigenvalue weighted by atomic mass is 10.0. The van der Waals surface area contributed by atoms with Gasteiger partial charge in [0.15, 0.2) is 0 Å². The highest BCUT2D eigenvalue weighted by Crippen LogP contribution is 2.27. The van der Waals surface area contributed by atoms with Gasteiger partial charge in [0.05, 0.1) is 5.56 Å².